The highest BCUT2D eigenvalue weighted by Crippen LogP contribution is 2.25. The van der Waals surface area contributed by atoms with E-state index in [-0.39, 0.29) is 5.56 Å². The fourth-order valence-electron chi connectivity index (χ4n) is 2.51. The van der Waals surface area contributed by atoms with E-state index in [9.17, 15) is 19.2 Å². The number of carboxylic acids is 1. The third-order valence-corrected chi connectivity index (χ3v) is 3.93. The molecule has 0 bridgehead atoms. The summed E-state index contributed by atoms with van der Waals surface area (Å²) in [6.07, 6.45) is 0.929. The molecule has 1 aliphatic rings. The molecule has 1 aromatic rings. The van der Waals surface area contributed by atoms with Crippen LogP contribution < -0.4 is 16.0 Å². The van der Waals surface area contributed by atoms with Gasteiger partial charge in [-0.25, -0.2) is 9.59 Å². The molecule has 2 rings (SSSR count). The van der Waals surface area contributed by atoms with Gasteiger partial charge in [0, 0.05) is 5.56 Å². The Morgan fingerprint density at radius 3 is 2.58 bits per heavy atom. The molecule has 0 saturated carbocycles. The zero-order valence-electron chi connectivity index (χ0n) is 13.4. The van der Waals surface area contributed by atoms with Gasteiger partial charge >= 0.3 is 12.0 Å². The van der Waals surface area contributed by atoms with Crippen molar-refractivity contribution in [2.24, 2.45) is 0 Å². The summed E-state index contributed by atoms with van der Waals surface area (Å²) in [5.41, 5.74) is -0.630. The van der Waals surface area contributed by atoms with Crippen LogP contribution in [0.15, 0.2) is 24.3 Å². The van der Waals surface area contributed by atoms with Crippen LogP contribution in [0.5, 0.6) is 0 Å². The number of carbonyl (C=O) groups is 4. The SMILES string of the molecule is CCCC(NC(=O)c1cccc(C2(C)NC(=O)NC2=O)c1)C(=O)O. The number of urea groups is 1. The molecule has 24 heavy (non-hydrogen) atoms. The lowest BCUT2D eigenvalue weighted by molar-refractivity contribution is -0.139. The van der Waals surface area contributed by atoms with Crippen molar-refractivity contribution in [1.29, 1.82) is 0 Å². The lowest BCUT2D eigenvalue weighted by Crippen LogP contribution is -2.42. The molecule has 1 fully saturated rings. The fourth-order valence-corrected chi connectivity index (χ4v) is 2.51. The molecule has 1 aromatic carbocycles. The van der Waals surface area contributed by atoms with E-state index in [0.717, 1.165) is 0 Å². The van der Waals surface area contributed by atoms with Crippen LogP contribution in [0.3, 0.4) is 0 Å². The van der Waals surface area contributed by atoms with E-state index in [1.165, 1.54) is 19.1 Å². The number of rotatable bonds is 6. The number of aliphatic carboxylic acids is 1. The van der Waals surface area contributed by atoms with Gasteiger partial charge < -0.3 is 15.7 Å². The van der Waals surface area contributed by atoms with Gasteiger partial charge in [-0.1, -0.05) is 25.5 Å². The van der Waals surface area contributed by atoms with Gasteiger partial charge in [0.1, 0.15) is 11.6 Å². The Labute approximate surface area is 138 Å². The Hall–Kier alpha value is -2.90. The molecule has 8 heteroatoms. The average Bonchev–Trinajstić information content (AvgIpc) is 2.80. The van der Waals surface area contributed by atoms with Crippen LogP contribution in [0.4, 0.5) is 4.79 Å². The number of hydrogen-bond donors (Lipinski definition) is 4. The minimum Gasteiger partial charge on any atom is -0.480 e. The minimum atomic E-state index is -1.27. The quantitative estimate of drug-likeness (QED) is 0.571. The molecule has 0 aliphatic carbocycles. The highest BCUT2D eigenvalue weighted by molar-refractivity contribution is 6.07. The van der Waals surface area contributed by atoms with Crippen LogP contribution >= 0.6 is 0 Å². The molecule has 0 spiro atoms. The van der Waals surface area contributed by atoms with Crippen molar-refractivity contribution < 1.29 is 24.3 Å². The van der Waals surface area contributed by atoms with Crippen LogP contribution in [0.25, 0.3) is 0 Å². The second kappa shape index (κ2) is 6.69. The van der Waals surface area contributed by atoms with Crippen LogP contribution in [-0.4, -0.2) is 35.0 Å². The maximum atomic E-state index is 12.3. The van der Waals surface area contributed by atoms with E-state index >= 15 is 0 Å². The number of imide groups is 1. The highest BCUT2D eigenvalue weighted by atomic mass is 16.4. The summed E-state index contributed by atoms with van der Waals surface area (Å²) in [5, 5.41) is 16.2. The van der Waals surface area contributed by atoms with Crippen molar-refractivity contribution >= 4 is 23.8 Å². The van der Waals surface area contributed by atoms with Crippen molar-refractivity contribution in [3.05, 3.63) is 35.4 Å². The van der Waals surface area contributed by atoms with E-state index in [2.05, 4.69) is 16.0 Å². The molecule has 1 aliphatic heterocycles. The second-order valence-electron chi connectivity index (χ2n) is 5.77. The van der Waals surface area contributed by atoms with Crippen molar-refractivity contribution in [2.45, 2.75) is 38.3 Å². The van der Waals surface area contributed by atoms with E-state index < -0.39 is 35.4 Å². The fraction of sp³-hybridized carbons (Fsp3) is 0.375. The van der Waals surface area contributed by atoms with Gasteiger partial charge in [0.05, 0.1) is 0 Å². The van der Waals surface area contributed by atoms with Gasteiger partial charge in [-0.05, 0) is 31.0 Å². The predicted octanol–water partition coefficient (Wildman–Crippen LogP) is 0.724. The molecular formula is C16H19N3O5. The summed E-state index contributed by atoms with van der Waals surface area (Å²) in [7, 11) is 0. The first-order chi connectivity index (χ1) is 11.3. The standard InChI is InChI=1S/C16H19N3O5/c1-3-5-11(13(21)22)17-12(20)9-6-4-7-10(8-9)16(2)14(23)18-15(24)19-16/h4,6-8,11H,3,5H2,1-2H3,(H,17,20)(H,21,22)(H2,18,19,23,24). The topological polar surface area (TPSA) is 125 Å². The van der Waals surface area contributed by atoms with E-state index in [1.807, 2.05) is 6.92 Å². The predicted molar refractivity (Wildman–Crippen MR) is 84.3 cm³/mol. The van der Waals surface area contributed by atoms with Crippen molar-refractivity contribution in [2.75, 3.05) is 0 Å². The van der Waals surface area contributed by atoms with Crippen LogP contribution in [0, 0.1) is 0 Å². The molecule has 2 unspecified atom stereocenters. The first-order valence-electron chi connectivity index (χ1n) is 7.55. The monoisotopic (exact) mass is 333 g/mol. The first-order valence-corrected chi connectivity index (χ1v) is 7.55. The van der Waals surface area contributed by atoms with Crippen LogP contribution in [0.2, 0.25) is 0 Å². The second-order valence-corrected chi connectivity index (χ2v) is 5.77. The number of hydrogen-bond acceptors (Lipinski definition) is 4. The van der Waals surface area contributed by atoms with E-state index in [1.54, 1.807) is 12.1 Å². The third-order valence-electron chi connectivity index (χ3n) is 3.93. The van der Waals surface area contributed by atoms with Gasteiger partial charge in [-0.3, -0.25) is 14.9 Å². The molecule has 4 N–H and O–H groups in total. The molecule has 0 radical (unpaired) electrons. The largest absolute Gasteiger partial charge is 0.480 e. The molecule has 128 valence electrons. The van der Waals surface area contributed by atoms with Gasteiger partial charge in [0.2, 0.25) is 0 Å². The number of benzene rings is 1. The van der Waals surface area contributed by atoms with E-state index in [0.29, 0.717) is 18.4 Å². The minimum absolute atomic E-state index is 0.213. The Balaban J connectivity index is 2.24. The van der Waals surface area contributed by atoms with Crippen molar-refractivity contribution in [3.63, 3.8) is 0 Å². The normalized spacial score (nSPS) is 20.9. The van der Waals surface area contributed by atoms with E-state index in [4.69, 9.17) is 5.11 Å². The Kier molecular flexibility index (Phi) is 4.87. The Morgan fingerprint density at radius 2 is 2.04 bits per heavy atom. The van der Waals surface area contributed by atoms with Crippen LogP contribution in [-0.2, 0) is 15.1 Å². The summed E-state index contributed by atoms with van der Waals surface area (Å²) in [6.45, 7) is 3.35. The molecule has 8 nitrogen and oxygen atoms in total. The molecule has 1 heterocycles. The average molecular weight is 333 g/mol. The third kappa shape index (κ3) is 3.37. The van der Waals surface area contributed by atoms with Gasteiger partial charge in [0.15, 0.2) is 0 Å². The van der Waals surface area contributed by atoms with Crippen molar-refractivity contribution in [3.8, 4) is 0 Å². The summed E-state index contributed by atoms with van der Waals surface area (Å²) >= 11 is 0. The molecule has 2 atom stereocenters. The Bertz CT molecular complexity index is 703. The Morgan fingerprint density at radius 1 is 1.33 bits per heavy atom. The summed E-state index contributed by atoms with van der Waals surface area (Å²) in [5.74, 6) is -2.17. The zero-order valence-corrected chi connectivity index (χ0v) is 13.4. The highest BCUT2D eigenvalue weighted by Gasteiger charge is 2.43. The maximum Gasteiger partial charge on any atom is 0.326 e. The smallest absolute Gasteiger partial charge is 0.326 e. The lowest BCUT2D eigenvalue weighted by atomic mass is 9.91. The maximum absolute atomic E-state index is 12.3. The molecule has 0 aromatic heterocycles. The van der Waals surface area contributed by atoms with Crippen LogP contribution in [0.1, 0.15) is 42.6 Å². The number of carboxylic acid groups (broad SMARTS) is 1. The number of carbonyl (C=O) groups excluding carboxylic acids is 3. The summed E-state index contributed by atoms with van der Waals surface area (Å²) < 4.78 is 0. The lowest BCUT2D eigenvalue weighted by Gasteiger charge is -2.22. The van der Waals surface area contributed by atoms with Gasteiger partial charge in [-0.2, -0.15) is 0 Å². The number of amides is 4. The molecule has 4 amide bonds. The molecular weight excluding hydrogens is 314 g/mol. The molecule has 1 saturated heterocycles. The summed E-state index contributed by atoms with van der Waals surface area (Å²) in [6, 6.07) is 4.58. The summed E-state index contributed by atoms with van der Waals surface area (Å²) in [4.78, 5) is 46.8. The van der Waals surface area contributed by atoms with Gasteiger partial charge in [0.25, 0.3) is 11.8 Å². The zero-order chi connectivity index (χ0) is 17.9. The van der Waals surface area contributed by atoms with Crippen molar-refractivity contribution in [1.82, 2.24) is 16.0 Å². The van der Waals surface area contributed by atoms with Gasteiger partial charge in [-0.15, -0.1) is 0 Å². The first kappa shape index (κ1) is 17.5. The number of nitrogens with one attached hydrogen (secondary N) is 3.